The van der Waals surface area contributed by atoms with Gasteiger partial charge in [-0.3, -0.25) is 15.1 Å². The fourth-order valence-corrected chi connectivity index (χ4v) is 2.85. The van der Waals surface area contributed by atoms with Gasteiger partial charge in [-0.05, 0) is 31.3 Å². The molecule has 1 fully saturated rings. The fraction of sp³-hybridized carbons (Fsp3) is 0.526. The van der Waals surface area contributed by atoms with Crippen molar-refractivity contribution >= 4 is 5.97 Å². The summed E-state index contributed by atoms with van der Waals surface area (Å²) in [6.45, 7) is 4.79. The van der Waals surface area contributed by atoms with E-state index in [4.69, 9.17) is 10.3 Å². The molecular formula is C19H28N6O3. The summed E-state index contributed by atoms with van der Waals surface area (Å²) in [5, 5.41) is 15.6. The van der Waals surface area contributed by atoms with Crippen LogP contribution in [0.2, 0.25) is 0 Å². The van der Waals surface area contributed by atoms with Gasteiger partial charge in [-0.1, -0.05) is 17.1 Å². The van der Waals surface area contributed by atoms with Crippen LogP contribution in [0.4, 0.5) is 0 Å². The number of carboxylic acids is 1. The van der Waals surface area contributed by atoms with Crippen LogP contribution < -0.4 is 15.5 Å². The average Bonchev–Trinajstić information content (AvgIpc) is 2.67. The van der Waals surface area contributed by atoms with Crippen molar-refractivity contribution in [1.82, 2.24) is 20.5 Å². The Bertz CT molecular complexity index is 685. The quantitative estimate of drug-likeness (QED) is 0.239. The van der Waals surface area contributed by atoms with Crippen molar-refractivity contribution in [2.75, 3.05) is 59.4 Å². The highest BCUT2D eigenvalue weighted by molar-refractivity contribution is 5.69. The van der Waals surface area contributed by atoms with Crippen LogP contribution >= 0.6 is 0 Å². The third-order valence-electron chi connectivity index (χ3n) is 4.30. The lowest BCUT2D eigenvalue weighted by Crippen LogP contribution is -2.48. The number of carbonyl (C=O) groups is 1. The summed E-state index contributed by atoms with van der Waals surface area (Å²) in [7, 11) is 2.04. The molecule has 1 aromatic carbocycles. The number of likely N-dealkylation sites (N-methyl/N-ethyl adjacent to an activating group) is 1. The van der Waals surface area contributed by atoms with Gasteiger partial charge in [0.25, 0.3) is 0 Å². The van der Waals surface area contributed by atoms with Gasteiger partial charge in [0.1, 0.15) is 11.9 Å². The third-order valence-corrected chi connectivity index (χ3v) is 4.30. The topological polar surface area (TPSA) is 113 Å². The second-order valence-corrected chi connectivity index (χ2v) is 6.65. The molecular weight excluding hydrogens is 360 g/mol. The van der Waals surface area contributed by atoms with Crippen molar-refractivity contribution in [2.24, 2.45) is 5.22 Å². The normalized spacial score (nSPS) is 19.1. The van der Waals surface area contributed by atoms with E-state index >= 15 is 0 Å². The first-order chi connectivity index (χ1) is 13.6. The SMILES string of the molecule is CN1CCNCC(Oc2ccc(C#CCNN=N)cc2)CN(CC(=O)O)CC1. The summed E-state index contributed by atoms with van der Waals surface area (Å²) in [5.41, 5.74) is 9.95. The smallest absolute Gasteiger partial charge is 0.317 e. The minimum atomic E-state index is -0.831. The first-order valence-electron chi connectivity index (χ1n) is 9.25. The molecule has 4 N–H and O–H groups in total. The molecule has 0 radical (unpaired) electrons. The van der Waals surface area contributed by atoms with E-state index in [-0.39, 0.29) is 12.6 Å². The van der Waals surface area contributed by atoms with Gasteiger partial charge in [0.05, 0.1) is 13.1 Å². The number of ether oxygens (including phenoxy) is 1. The van der Waals surface area contributed by atoms with Crippen LogP contribution in [0, 0.1) is 17.4 Å². The molecule has 0 amide bonds. The number of carboxylic acid groups (broad SMARTS) is 1. The van der Waals surface area contributed by atoms with Crippen LogP contribution in [0.25, 0.3) is 0 Å². The molecule has 0 spiro atoms. The van der Waals surface area contributed by atoms with Crippen LogP contribution in [0.1, 0.15) is 5.56 Å². The highest BCUT2D eigenvalue weighted by Gasteiger charge is 2.19. The van der Waals surface area contributed by atoms with Gasteiger partial charge in [0.15, 0.2) is 0 Å². The molecule has 0 aromatic heterocycles. The maximum absolute atomic E-state index is 11.2. The Morgan fingerprint density at radius 1 is 1.39 bits per heavy atom. The van der Waals surface area contributed by atoms with Crippen LogP contribution in [0.3, 0.4) is 0 Å². The van der Waals surface area contributed by atoms with Gasteiger partial charge >= 0.3 is 5.97 Å². The van der Waals surface area contributed by atoms with Crippen molar-refractivity contribution in [2.45, 2.75) is 6.10 Å². The minimum absolute atomic E-state index is 0.000862. The summed E-state index contributed by atoms with van der Waals surface area (Å²) >= 11 is 0. The standard InChI is InChI=1S/C19H28N6O3/c1-24-10-9-21-13-18(14-25(12-11-24)15-19(26)27)28-17-6-4-16(5-7-17)3-2-8-22-23-20/h4-7,18,21H,8-15H2,1H3,(H2,20,22)(H,26,27). The Kier molecular flexibility index (Phi) is 9.21. The highest BCUT2D eigenvalue weighted by atomic mass is 16.5. The van der Waals surface area contributed by atoms with E-state index in [1.165, 1.54) is 0 Å². The zero-order valence-electron chi connectivity index (χ0n) is 16.1. The van der Waals surface area contributed by atoms with E-state index in [1.54, 1.807) is 0 Å². The molecule has 1 atom stereocenters. The summed E-state index contributed by atoms with van der Waals surface area (Å²) < 4.78 is 6.11. The van der Waals surface area contributed by atoms with Gasteiger partial charge in [-0.25, -0.2) is 0 Å². The lowest BCUT2D eigenvalue weighted by molar-refractivity contribution is -0.138. The van der Waals surface area contributed by atoms with Gasteiger partial charge in [-0.15, -0.1) is 0 Å². The van der Waals surface area contributed by atoms with Gasteiger partial charge < -0.3 is 20.1 Å². The predicted octanol–water partition coefficient (Wildman–Crippen LogP) is 0.243. The van der Waals surface area contributed by atoms with E-state index in [9.17, 15) is 9.90 Å². The molecule has 1 aliphatic heterocycles. The van der Waals surface area contributed by atoms with Crippen LogP contribution in [-0.2, 0) is 4.79 Å². The molecule has 1 aromatic rings. The Morgan fingerprint density at radius 3 is 2.89 bits per heavy atom. The summed E-state index contributed by atoms with van der Waals surface area (Å²) in [6.07, 6.45) is -0.150. The zero-order valence-corrected chi connectivity index (χ0v) is 16.1. The van der Waals surface area contributed by atoms with Crippen LogP contribution in [0.15, 0.2) is 29.5 Å². The Hall–Kier alpha value is -2.67. The van der Waals surface area contributed by atoms with Crippen LogP contribution in [0.5, 0.6) is 5.75 Å². The van der Waals surface area contributed by atoms with E-state index in [2.05, 4.69) is 32.7 Å². The maximum Gasteiger partial charge on any atom is 0.317 e. The minimum Gasteiger partial charge on any atom is -0.488 e. The third kappa shape index (κ3) is 8.35. The number of benzene rings is 1. The molecule has 2 rings (SSSR count). The monoisotopic (exact) mass is 388 g/mol. The van der Waals surface area contributed by atoms with Crippen molar-refractivity contribution < 1.29 is 14.6 Å². The zero-order chi connectivity index (χ0) is 20.2. The molecule has 1 aliphatic rings. The first kappa shape index (κ1) is 21.6. The molecule has 1 unspecified atom stereocenters. The first-order valence-corrected chi connectivity index (χ1v) is 9.25. The number of nitrogens with one attached hydrogen (secondary N) is 3. The van der Waals surface area contributed by atoms with E-state index in [0.717, 1.165) is 30.9 Å². The molecule has 0 saturated carbocycles. The maximum atomic E-state index is 11.2. The van der Waals surface area contributed by atoms with Crippen molar-refractivity contribution in [3.8, 4) is 17.6 Å². The van der Waals surface area contributed by atoms with Crippen molar-refractivity contribution in [3.63, 3.8) is 0 Å². The average molecular weight is 388 g/mol. The largest absolute Gasteiger partial charge is 0.488 e. The number of rotatable bonds is 6. The molecule has 0 aliphatic carbocycles. The molecule has 0 bridgehead atoms. The Balaban J connectivity index is 1.98. The Labute approximate surface area is 165 Å². The van der Waals surface area contributed by atoms with Gasteiger partial charge in [0.2, 0.25) is 0 Å². The van der Waals surface area contributed by atoms with E-state index in [0.29, 0.717) is 26.2 Å². The lowest BCUT2D eigenvalue weighted by Gasteiger charge is -2.30. The Morgan fingerprint density at radius 2 is 2.18 bits per heavy atom. The van der Waals surface area contributed by atoms with Gasteiger partial charge in [-0.2, -0.15) is 5.53 Å². The lowest BCUT2D eigenvalue weighted by atomic mass is 10.2. The van der Waals surface area contributed by atoms with Crippen molar-refractivity contribution in [1.29, 1.82) is 5.53 Å². The van der Waals surface area contributed by atoms with Crippen molar-refractivity contribution in [3.05, 3.63) is 29.8 Å². The molecule has 9 nitrogen and oxygen atoms in total. The highest BCUT2D eigenvalue weighted by Crippen LogP contribution is 2.14. The second kappa shape index (κ2) is 11.9. The molecule has 9 heteroatoms. The summed E-state index contributed by atoms with van der Waals surface area (Å²) in [5.74, 6) is 5.73. The van der Waals surface area contributed by atoms with Crippen LogP contribution in [-0.4, -0.2) is 86.4 Å². The molecule has 28 heavy (non-hydrogen) atoms. The molecule has 1 saturated heterocycles. The summed E-state index contributed by atoms with van der Waals surface area (Å²) in [4.78, 5) is 15.3. The fourth-order valence-electron chi connectivity index (χ4n) is 2.85. The number of hydrogen-bond donors (Lipinski definition) is 4. The number of aliphatic carboxylic acids is 1. The molecule has 152 valence electrons. The van der Waals surface area contributed by atoms with E-state index < -0.39 is 5.97 Å². The van der Waals surface area contributed by atoms with Gasteiger partial charge in [0, 0.05) is 44.8 Å². The number of hydrogen-bond acceptors (Lipinski definition) is 7. The molecule has 1 heterocycles. The summed E-state index contributed by atoms with van der Waals surface area (Å²) in [6, 6.07) is 7.47. The predicted molar refractivity (Wildman–Crippen MR) is 105 cm³/mol. The van der Waals surface area contributed by atoms with E-state index in [1.807, 2.05) is 36.2 Å². The number of nitrogens with zero attached hydrogens (tertiary/aromatic N) is 3. The second-order valence-electron chi connectivity index (χ2n) is 6.65.